The minimum Gasteiger partial charge on any atom is -0.396 e. The second kappa shape index (κ2) is 7.67. The fraction of sp³-hybridized carbons (Fsp3) is 0.571. The zero-order valence-electron chi connectivity index (χ0n) is 15.5. The van der Waals surface area contributed by atoms with Gasteiger partial charge < -0.3 is 14.9 Å². The summed E-state index contributed by atoms with van der Waals surface area (Å²) in [4.78, 5) is 18.7. The number of aliphatic hydroxyl groups is 1. The van der Waals surface area contributed by atoms with Crippen LogP contribution in [0.5, 0.6) is 0 Å². The molecule has 0 bridgehead atoms. The van der Waals surface area contributed by atoms with Crippen molar-refractivity contribution in [2.75, 3.05) is 39.3 Å². The molecule has 4 nitrogen and oxygen atoms in total. The summed E-state index contributed by atoms with van der Waals surface area (Å²) < 4.78 is 1.18. The molecule has 2 atom stereocenters. The van der Waals surface area contributed by atoms with Crippen molar-refractivity contribution in [3.05, 3.63) is 34.7 Å². The van der Waals surface area contributed by atoms with Gasteiger partial charge in [0.2, 0.25) is 0 Å². The van der Waals surface area contributed by atoms with Crippen molar-refractivity contribution in [2.24, 2.45) is 11.8 Å². The summed E-state index contributed by atoms with van der Waals surface area (Å²) in [6, 6.07) is 8.25. The van der Waals surface area contributed by atoms with Crippen LogP contribution in [-0.4, -0.2) is 60.1 Å². The minimum absolute atomic E-state index is 0.147. The fourth-order valence-corrected chi connectivity index (χ4v) is 5.78. The molecular weight excluding hydrogens is 344 g/mol. The van der Waals surface area contributed by atoms with Gasteiger partial charge in [-0.3, -0.25) is 4.79 Å². The smallest absolute Gasteiger partial charge is 0.264 e. The Morgan fingerprint density at radius 3 is 2.65 bits per heavy atom. The number of rotatable bonds is 4. The van der Waals surface area contributed by atoms with Gasteiger partial charge in [-0.15, -0.1) is 11.3 Å². The van der Waals surface area contributed by atoms with Crippen molar-refractivity contribution in [3.8, 4) is 0 Å². The molecule has 5 heteroatoms. The summed E-state index contributed by atoms with van der Waals surface area (Å²) in [5, 5.41) is 10.9. The van der Waals surface area contributed by atoms with E-state index in [-0.39, 0.29) is 18.4 Å². The molecule has 2 aliphatic heterocycles. The van der Waals surface area contributed by atoms with Gasteiger partial charge in [-0.1, -0.05) is 18.2 Å². The van der Waals surface area contributed by atoms with Crippen LogP contribution in [0.15, 0.2) is 24.3 Å². The molecule has 0 spiro atoms. The van der Waals surface area contributed by atoms with Crippen molar-refractivity contribution in [1.29, 1.82) is 0 Å². The zero-order valence-corrected chi connectivity index (χ0v) is 16.3. The van der Waals surface area contributed by atoms with Gasteiger partial charge in [-0.2, -0.15) is 0 Å². The molecule has 140 valence electrons. The zero-order chi connectivity index (χ0) is 18.1. The average Bonchev–Trinajstić information content (AvgIpc) is 3.29. The van der Waals surface area contributed by atoms with Crippen LogP contribution in [0, 0.1) is 18.8 Å². The van der Waals surface area contributed by atoms with Crippen molar-refractivity contribution >= 4 is 27.3 Å². The van der Waals surface area contributed by atoms with Gasteiger partial charge >= 0.3 is 0 Å². The SMILES string of the molecule is Cc1c(C(=O)N2C[C@@H](CO)C[C@@H](CN3CCCC3)C2)sc2ccccc12. The first kappa shape index (κ1) is 18.0. The van der Waals surface area contributed by atoms with Crippen LogP contribution in [0.4, 0.5) is 0 Å². The van der Waals surface area contributed by atoms with E-state index in [1.807, 2.05) is 17.0 Å². The highest BCUT2D eigenvalue weighted by molar-refractivity contribution is 7.21. The molecule has 2 fully saturated rings. The summed E-state index contributed by atoms with van der Waals surface area (Å²) in [7, 11) is 0. The molecule has 4 rings (SSSR count). The lowest BCUT2D eigenvalue weighted by Gasteiger charge is -2.38. The van der Waals surface area contributed by atoms with Crippen LogP contribution in [0.1, 0.15) is 34.5 Å². The van der Waals surface area contributed by atoms with E-state index in [1.165, 1.54) is 36.0 Å². The first-order chi connectivity index (χ1) is 12.7. The Balaban J connectivity index is 1.53. The fourth-order valence-electron chi connectivity index (χ4n) is 4.60. The Kier molecular flexibility index (Phi) is 5.30. The number of nitrogens with zero attached hydrogens (tertiary/aromatic N) is 2. The number of benzene rings is 1. The Hall–Kier alpha value is -1.43. The molecule has 2 aliphatic rings. The highest BCUT2D eigenvalue weighted by Gasteiger charge is 2.32. The molecular formula is C21H28N2O2S. The van der Waals surface area contributed by atoms with E-state index in [1.54, 1.807) is 11.3 Å². The Bertz CT molecular complexity index is 781. The molecule has 1 aromatic carbocycles. The van der Waals surface area contributed by atoms with Gasteiger partial charge in [-0.05, 0) is 68.1 Å². The summed E-state index contributed by atoms with van der Waals surface area (Å²) in [5.74, 6) is 0.820. The number of aryl methyl sites for hydroxylation is 1. The second-order valence-electron chi connectivity index (χ2n) is 7.92. The van der Waals surface area contributed by atoms with E-state index in [9.17, 15) is 9.90 Å². The van der Waals surface area contributed by atoms with E-state index >= 15 is 0 Å². The van der Waals surface area contributed by atoms with Gasteiger partial charge in [0.1, 0.15) is 0 Å². The standard InChI is InChI=1S/C21H28N2O2S/c1-15-18-6-2-3-7-19(18)26-20(15)21(25)23-12-16(10-17(13-23)14-24)11-22-8-4-5-9-22/h2-3,6-7,16-17,24H,4-5,8-14H2,1H3/t16-,17-/m0/s1. The van der Waals surface area contributed by atoms with Crippen molar-refractivity contribution in [2.45, 2.75) is 26.2 Å². The highest BCUT2D eigenvalue weighted by atomic mass is 32.1. The molecule has 0 aliphatic carbocycles. The van der Waals surface area contributed by atoms with E-state index in [4.69, 9.17) is 0 Å². The molecule has 1 N–H and O–H groups in total. The number of likely N-dealkylation sites (tertiary alicyclic amines) is 2. The number of amides is 1. The van der Waals surface area contributed by atoms with Crippen molar-refractivity contribution in [1.82, 2.24) is 9.80 Å². The first-order valence-electron chi connectivity index (χ1n) is 9.76. The van der Waals surface area contributed by atoms with Crippen molar-refractivity contribution < 1.29 is 9.90 Å². The lowest BCUT2D eigenvalue weighted by molar-refractivity contribution is 0.0469. The predicted octanol–water partition coefficient (Wildman–Crippen LogP) is 3.38. The molecule has 1 aromatic heterocycles. The first-order valence-corrected chi connectivity index (χ1v) is 10.6. The lowest BCUT2D eigenvalue weighted by atomic mass is 9.89. The maximum atomic E-state index is 13.3. The maximum absolute atomic E-state index is 13.3. The number of fused-ring (bicyclic) bond motifs is 1. The quantitative estimate of drug-likeness (QED) is 0.895. The van der Waals surface area contributed by atoms with Gasteiger partial charge in [0.25, 0.3) is 5.91 Å². The molecule has 2 aromatic rings. The largest absolute Gasteiger partial charge is 0.396 e. The average molecular weight is 373 g/mol. The Labute approximate surface area is 159 Å². The molecule has 3 heterocycles. The summed E-state index contributed by atoms with van der Waals surface area (Å²) in [6.07, 6.45) is 3.61. The molecule has 0 saturated carbocycles. The monoisotopic (exact) mass is 372 g/mol. The van der Waals surface area contributed by atoms with Gasteiger partial charge in [0.15, 0.2) is 0 Å². The molecule has 0 radical (unpaired) electrons. The number of piperidine rings is 1. The Morgan fingerprint density at radius 2 is 1.92 bits per heavy atom. The van der Waals surface area contributed by atoms with Crippen LogP contribution in [0.2, 0.25) is 0 Å². The predicted molar refractivity (Wildman–Crippen MR) is 107 cm³/mol. The topological polar surface area (TPSA) is 43.8 Å². The van der Waals surface area contributed by atoms with E-state index in [2.05, 4.69) is 24.0 Å². The second-order valence-corrected chi connectivity index (χ2v) is 8.97. The van der Waals surface area contributed by atoms with Gasteiger partial charge in [-0.25, -0.2) is 0 Å². The molecule has 0 unspecified atom stereocenters. The van der Waals surface area contributed by atoms with Crippen molar-refractivity contribution in [3.63, 3.8) is 0 Å². The lowest BCUT2D eigenvalue weighted by Crippen LogP contribution is -2.47. The number of carbonyl (C=O) groups excluding carboxylic acids is 1. The third-order valence-corrected chi connectivity index (χ3v) is 7.18. The van der Waals surface area contributed by atoms with Crippen LogP contribution < -0.4 is 0 Å². The van der Waals surface area contributed by atoms with Gasteiger partial charge in [0, 0.05) is 30.9 Å². The highest BCUT2D eigenvalue weighted by Crippen LogP contribution is 2.33. The minimum atomic E-state index is 0.147. The number of hydrogen-bond donors (Lipinski definition) is 1. The van der Waals surface area contributed by atoms with E-state index < -0.39 is 0 Å². The van der Waals surface area contributed by atoms with Crippen LogP contribution in [0.3, 0.4) is 0 Å². The number of carbonyl (C=O) groups is 1. The Morgan fingerprint density at radius 1 is 1.19 bits per heavy atom. The summed E-state index contributed by atoms with van der Waals surface area (Å²) in [5.41, 5.74) is 1.10. The van der Waals surface area contributed by atoms with Crippen LogP contribution in [0.25, 0.3) is 10.1 Å². The molecule has 2 saturated heterocycles. The normalized spacial score (nSPS) is 24.5. The van der Waals surface area contributed by atoms with Crippen LogP contribution in [-0.2, 0) is 0 Å². The number of hydrogen-bond acceptors (Lipinski definition) is 4. The van der Waals surface area contributed by atoms with E-state index in [0.29, 0.717) is 12.5 Å². The molecule has 1 amide bonds. The third kappa shape index (κ3) is 3.53. The maximum Gasteiger partial charge on any atom is 0.264 e. The van der Waals surface area contributed by atoms with Gasteiger partial charge in [0.05, 0.1) is 4.88 Å². The van der Waals surface area contributed by atoms with E-state index in [0.717, 1.165) is 30.0 Å². The molecule has 26 heavy (non-hydrogen) atoms. The number of aliphatic hydroxyl groups excluding tert-OH is 1. The summed E-state index contributed by atoms with van der Waals surface area (Å²) in [6.45, 7) is 7.16. The summed E-state index contributed by atoms with van der Waals surface area (Å²) >= 11 is 1.60. The van der Waals surface area contributed by atoms with Crippen LogP contribution >= 0.6 is 11.3 Å². The number of thiophene rings is 1. The third-order valence-electron chi connectivity index (χ3n) is 5.92.